The van der Waals surface area contributed by atoms with Crippen molar-refractivity contribution in [2.45, 2.75) is 65.2 Å². The highest BCUT2D eigenvalue weighted by molar-refractivity contribution is 14.0. The van der Waals surface area contributed by atoms with Crippen molar-refractivity contribution < 1.29 is 13.7 Å². The zero-order chi connectivity index (χ0) is 19.5. The number of hydrogen-bond donors (Lipinski definition) is 3. The molecule has 26 heavy (non-hydrogen) atoms. The molecule has 0 aliphatic heterocycles. The Morgan fingerprint density at radius 2 is 1.65 bits per heavy atom. The fourth-order valence-corrected chi connectivity index (χ4v) is 2.58. The van der Waals surface area contributed by atoms with Gasteiger partial charge in [0.1, 0.15) is 5.60 Å². The summed E-state index contributed by atoms with van der Waals surface area (Å²) in [6.45, 7) is 15.8. The Hall–Kier alpha value is -0.580. The maximum Gasteiger partial charge on any atom is 0.407 e. The van der Waals surface area contributed by atoms with Gasteiger partial charge >= 0.3 is 6.09 Å². The highest BCUT2D eigenvalue weighted by Crippen LogP contribution is 2.10. The second kappa shape index (κ2) is 13.6. The lowest BCUT2D eigenvalue weighted by Gasteiger charge is -2.19. The third kappa shape index (κ3) is 15.7. The number of nitrogens with zero attached hydrogens (tertiary/aromatic N) is 1. The maximum atomic E-state index is 12.0. The van der Waals surface area contributed by atoms with E-state index in [4.69, 9.17) is 4.74 Å². The molecule has 0 aromatic carbocycles. The molecule has 0 aromatic rings. The van der Waals surface area contributed by atoms with Gasteiger partial charge in [-0.25, -0.2) is 4.79 Å². The van der Waals surface area contributed by atoms with Gasteiger partial charge in [-0.1, -0.05) is 0 Å². The lowest BCUT2D eigenvalue weighted by atomic mass is 10.2. The lowest BCUT2D eigenvalue weighted by Crippen LogP contribution is -2.40. The van der Waals surface area contributed by atoms with Gasteiger partial charge in [-0.15, -0.1) is 24.0 Å². The summed E-state index contributed by atoms with van der Waals surface area (Å²) < 4.78 is 17.0. The molecule has 0 heterocycles. The van der Waals surface area contributed by atoms with E-state index in [0.717, 1.165) is 6.54 Å². The predicted octanol–water partition coefficient (Wildman–Crippen LogP) is 2.62. The van der Waals surface area contributed by atoms with Gasteiger partial charge in [-0.3, -0.25) is 9.20 Å². The van der Waals surface area contributed by atoms with E-state index in [-0.39, 0.29) is 28.7 Å². The summed E-state index contributed by atoms with van der Waals surface area (Å²) in [5, 5.41) is 9.05. The molecule has 0 radical (unpaired) electrons. The minimum Gasteiger partial charge on any atom is -0.444 e. The van der Waals surface area contributed by atoms with Crippen molar-refractivity contribution in [3.8, 4) is 0 Å². The third-order valence-electron chi connectivity index (χ3n) is 2.88. The number of hydrogen-bond acceptors (Lipinski definition) is 4. The molecule has 9 heteroatoms. The molecule has 1 unspecified atom stereocenters. The molecule has 1 amide bonds. The Morgan fingerprint density at radius 3 is 2.15 bits per heavy atom. The Labute approximate surface area is 178 Å². The van der Waals surface area contributed by atoms with E-state index in [0.29, 0.717) is 37.8 Å². The Balaban J connectivity index is 0. The first-order valence-electron chi connectivity index (χ1n) is 8.83. The Bertz CT molecular complexity index is 460. The van der Waals surface area contributed by atoms with Crippen molar-refractivity contribution in [3.05, 3.63) is 0 Å². The third-order valence-corrected chi connectivity index (χ3v) is 4.82. The SMILES string of the molecule is CCNC(=NCCCNC(=O)OC(C)(C)C)NCCS(=O)C(C)(C)C.I. The van der Waals surface area contributed by atoms with E-state index in [1.165, 1.54) is 0 Å². The van der Waals surface area contributed by atoms with E-state index in [1.807, 2.05) is 48.5 Å². The summed E-state index contributed by atoms with van der Waals surface area (Å²) in [7, 11) is -0.887. The number of nitrogens with one attached hydrogen (secondary N) is 3. The molecule has 156 valence electrons. The Morgan fingerprint density at radius 1 is 1.04 bits per heavy atom. The standard InChI is InChI=1S/C17H36N4O3S.HI/c1-8-18-14(20-12-13-25(23)17(5,6)7)19-10-9-11-21-15(22)24-16(2,3)4;/h8-13H2,1-7H3,(H,21,22)(H2,18,19,20);1H. The van der Waals surface area contributed by atoms with Gasteiger partial charge in [0.15, 0.2) is 5.96 Å². The van der Waals surface area contributed by atoms with E-state index in [9.17, 15) is 9.00 Å². The van der Waals surface area contributed by atoms with Crippen LogP contribution in [-0.4, -0.2) is 58.5 Å². The first kappa shape index (κ1) is 27.6. The molecule has 0 aromatic heterocycles. The maximum absolute atomic E-state index is 12.0. The van der Waals surface area contributed by atoms with Crippen LogP contribution < -0.4 is 16.0 Å². The zero-order valence-electron chi connectivity index (χ0n) is 17.2. The quantitative estimate of drug-likeness (QED) is 0.205. The average Bonchev–Trinajstić information content (AvgIpc) is 2.43. The number of aliphatic imine (C=N–C) groups is 1. The van der Waals surface area contributed by atoms with Crippen molar-refractivity contribution >= 4 is 46.8 Å². The molecule has 0 rings (SSSR count). The van der Waals surface area contributed by atoms with Crippen LogP contribution >= 0.6 is 24.0 Å². The molecular weight excluding hydrogens is 467 g/mol. The van der Waals surface area contributed by atoms with E-state index in [1.54, 1.807) is 0 Å². The zero-order valence-corrected chi connectivity index (χ0v) is 20.4. The summed E-state index contributed by atoms with van der Waals surface area (Å²) in [5.41, 5.74) is -0.489. The molecule has 0 aliphatic rings. The number of amides is 1. The second-order valence-electron chi connectivity index (χ2n) is 7.63. The number of guanidine groups is 1. The fraction of sp³-hybridized carbons (Fsp3) is 0.882. The van der Waals surface area contributed by atoms with Gasteiger partial charge < -0.3 is 20.7 Å². The number of carbonyl (C=O) groups excluding carboxylic acids is 1. The minimum absolute atomic E-state index is 0. The van der Waals surface area contributed by atoms with Crippen LogP contribution in [0, 0.1) is 0 Å². The van der Waals surface area contributed by atoms with Crippen LogP contribution in [0.2, 0.25) is 0 Å². The van der Waals surface area contributed by atoms with Crippen LogP contribution in [0.3, 0.4) is 0 Å². The summed E-state index contributed by atoms with van der Waals surface area (Å²) >= 11 is 0. The molecule has 0 saturated heterocycles. The molecule has 1 atom stereocenters. The summed E-state index contributed by atoms with van der Waals surface area (Å²) in [6, 6.07) is 0. The van der Waals surface area contributed by atoms with Crippen LogP contribution in [0.25, 0.3) is 0 Å². The molecule has 0 aliphatic carbocycles. The van der Waals surface area contributed by atoms with Gasteiger partial charge in [0.25, 0.3) is 0 Å². The molecule has 0 spiro atoms. The Kier molecular flexibility index (Phi) is 14.4. The summed E-state index contributed by atoms with van der Waals surface area (Å²) in [4.78, 5) is 16.0. The van der Waals surface area contributed by atoms with Gasteiger partial charge in [0, 0.05) is 47.5 Å². The topological polar surface area (TPSA) is 91.8 Å². The number of alkyl carbamates (subject to hydrolysis) is 1. The van der Waals surface area contributed by atoms with Crippen molar-refractivity contribution in [2.75, 3.05) is 31.9 Å². The van der Waals surface area contributed by atoms with Gasteiger partial charge in [-0.05, 0) is 54.9 Å². The number of carbonyl (C=O) groups is 1. The molecule has 3 N–H and O–H groups in total. The van der Waals surface area contributed by atoms with Crippen LogP contribution in [0.1, 0.15) is 54.9 Å². The summed E-state index contributed by atoms with van der Waals surface area (Å²) in [5.74, 6) is 1.28. The predicted molar refractivity (Wildman–Crippen MR) is 121 cm³/mol. The van der Waals surface area contributed by atoms with E-state index >= 15 is 0 Å². The first-order valence-corrected chi connectivity index (χ1v) is 10.1. The largest absolute Gasteiger partial charge is 0.444 e. The number of ether oxygens (including phenoxy) is 1. The van der Waals surface area contributed by atoms with Crippen LogP contribution in [0.4, 0.5) is 4.79 Å². The highest BCUT2D eigenvalue weighted by Gasteiger charge is 2.18. The first-order chi connectivity index (χ1) is 11.5. The van der Waals surface area contributed by atoms with Crippen molar-refractivity contribution in [1.29, 1.82) is 0 Å². The average molecular weight is 504 g/mol. The summed E-state index contributed by atoms with van der Waals surface area (Å²) in [6.07, 6.45) is 0.301. The second-order valence-corrected chi connectivity index (χ2v) is 9.96. The lowest BCUT2D eigenvalue weighted by molar-refractivity contribution is 0.0527. The van der Waals surface area contributed by atoms with Crippen molar-refractivity contribution in [3.63, 3.8) is 0 Å². The number of rotatable bonds is 8. The highest BCUT2D eigenvalue weighted by atomic mass is 127. The van der Waals surface area contributed by atoms with Gasteiger partial charge in [0.2, 0.25) is 0 Å². The molecular formula is C17H37IN4O3S. The molecule has 0 fully saturated rings. The minimum atomic E-state index is -0.887. The van der Waals surface area contributed by atoms with Crippen molar-refractivity contribution in [1.82, 2.24) is 16.0 Å². The molecule has 0 saturated carbocycles. The van der Waals surface area contributed by atoms with Gasteiger partial charge in [-0.2, -0.15) is 0 Å². The van der Waals surface area contributed by atoms with Crippen molar-refractivity contribution in [2.24, 2.45) is 4.99 Å². The van der Waals surface area contributed by atoms with Crippen LogP contribution in [0.15, 0.2) is 4.99 Å². The fourth-order valence-electron chi connectivity index (χ4n) is 1.68. The monoisotopic (exact) mass is 504 g/mol. The van der Waals surface area contributed by atoms with Crippen LogP contribution in [0.5, 0.6) is 0 Å². The normalized spacial score (nSPS) is 13.4. The van der Waals surface area contributed by atoms with Gasteiger partial charge in [0.05, 0.1) is 0 Å². The number of halogens is 1. The van der Waals surface area contributed by atoms with E-state index < -0.39 is 22.5 Å². The molecule has 7 nitrogen and oxygen atoms in total. The van der Waals surface area contributed by atoms with Crippen LogP contribution in [-0.2, 0) is 15.5 Å². The smallest absolute Gasteiger partial charge is 0.407 e. The van der Waals surface area contributed by atoms with E-state index in [2.05, 4.69) is 20.9 Å². The molecule has 0 bridgehead atoms.